The first-order valence-electron chi connectivity index (χ1n) is 8.30. The summed E-state index contributed by atoms with van der Waals surface area (Å²) in [5, 5.41) is 11.3. The molecule has 0 aromatic heterocycles. The number of hydrogen-bond donors (Lipinski definition) is 1. The van der Waals surface area contributed by atoms with Gasteiger partial charge in [-0.2, -0.15) is 0 Å². The van der Waals surface area contributed by atoms with Crippen LogP contribution in [0, 0.1) is 0 Å². The standard InChI is InChI=1S/C20H23NO3/c1-20(23,17-10-6-3-7-11-17)18(16-8-4-2-5-9-16)19(22)21-12-14-24-15-13-21/h2-11,18,23H,12-15H2,1H3/t18-,20+/m0/s1. The molecule has 1 amide bonds. The van der Waals surface area contributed by atoms with Gasteiger partial charge in [0.25, 0.3) is 0 Å². The summed E-state index contributed by atoms with van der Waals surface area (Å²) < 4.78 is 5.35. The number of benzene rings is 2. The van der Waals surface area contributed by atoms with E-state index in [0.29, 0.717) is 26.3 Å². The Morgan fingerprint density at radius 3 is 2.17 bits per heavy atom. The molecule has 2 aromatic rings. The largest absolute Gasteiger partial charge is 0.384 e. The van der Waals surface area contributed by atoms with Crippen molar-refractivity contribution in [2.75, 3.05) is 26.3 Å². The van der Waals surface area contributed by atoms with Crippen LogP contribution in [0.3, 0.4) is 0 Å². The first kappa shape index (κ1) is 16.7. The third kappa shape index (κ3) is 3.35. The molecule has 0 bridgehead atoms. The van der Waals surface area contributed by atoms with Gasteiger partial charge in [-0.1, -0.05) is 60.7 Å². The van der Waals surface area contributed by atoms with E-state index in [9.17, 15) is 9.90 Å². The number of nitrogens with zero attached hydrogens (tertiary/aromatic N) is 1. The smallest absolute Gasteiger partial charge is 0.233 e. The van der Waals surface area contributed by atoms with Crippen LogP contribution in [0.15, 0.2) is 60.7 Å². The van der Waals surface area contributed by atoms with Crippen molar-refractivity contribution >= 4 is 5.91 Å². The Hall–Kier alpha value is -2.17. The summed E-state index contributed by atoms with van der Waals surface area (Å²) in [6.07, 6.45) is 0. The highest BCUT2D eigenvalue weighted by Crippen LogP contribution is 2.38. The van der Waals surface area contributed by atoms with E-state index in [4.69, 9.17) is 4.74 Å². The van der Waals surface area contributed by atoms with Crippen LogP contribution in [-0.2, 0) is 15.1 Å². The second kappa shape index (κ2) is 7.16. The summed E-state index contributed by atoms with van der Waals surface area (Å²) in [5.74, 6) is -0.711. The van der Waals surface area contributed by atoms with Crippen molar-refractivity contribution in [1.29, 1.82) is 0 Å². The van der Waals surface area contributed by atoms with Crippen molar-refractivity contribution in [2.45, 2.75) is 18.4 Å². The molecule has 0 spiro atoms. The van der Waals surface area contributed by atoms with Crippen LogP contribution >= 0.6 is 0 Å². The third-order valence-electron chi connectivity index (χ3n) is 4.62. The lowest BCUT2D eigenvalue weighted by atomic mass is 9.77. The second-order valence-electron chi connectivity index (χ2n) is 6.29. The first-order chi connectivity index (χ1) is 11.6. The molecule has 3 rings (SSSR count). The molecule has 1 saturated heterocycles. The molecule has 24 heavy (non-hydrogen) atoms. The summed E-state index contributed by atoms with van der Waals surface area (Å²) >= 11 is 0. The van der Waals surface area contributed by atoms with Crippen molar-refractivity contribution in [3.63, 3.8) is 0 Å². The number of morpholine rings is 1. The molecular formula is C20H23NO3. The van der Waals surface area contributed by atoms with Crippen LogP contribution in [0.2, 0.25) is 0 Å². The number of carbonyl (C=O) groups excluding carboxylic acids is 1. The molecule has 2 aromatic carbocycles. The van der Waals surface area contributed by atoms with Gasteiger partial charge in [0.2, 0.25) is 5.91 Å². The zero-order valence-electron chi connectivity index (χ0n) is 13.9. The van der Waals surface area contributed by atoms with Crippen LogP contribution in [0.4, 0.5) is 0 Å². The third-order valence-corrected chi connectivity index (χ3v) is 4.62. The van der Waals surface area contributed by atoms with E-state index in [1.807, 2.05) is 60.7 Å². The summed E-state index contributed by atoms with van der Waals surface area (Å²) in [7, 11) is 0. The van der Waals surface area contributed by atoms with E-state index in [1.54, 1.807) is 11.8 Å². The Balaban J connectivity index is 2.00. The van der Waals surface area contributed by atoms with Crippen molar-refractivity contribution < 1.29 is 14.6 Å². The molecular weight excluding hydrogens is 302 g/mol. The molecule has 4 nitrogen and oxygen atoms in total. The highest BCUT2D eigenvalue weighted by molar-refractivity contribution is 5.85. The van der Waals surface area contributed by atoms with Crippen LogP contribution in [0.5, 0.6) is 0 Å². The summed E-state index contributed by atoms with van der Waals surface area (Å²) in [6.45, 7) is 3.93. The van der Waals surface area contributed by atoms with E-state index in [2.05, 4.69) is 0 Å². The van der Waals surface area contributed by atoms with Crippen LogP contribution in [0.25, 0.3) is 0 Å². The van der Waals surface area contributed by atoms with Gasteiger partial charge >= 0.3 is 0 Å². The molecule has 4 heteroatoms. The quantitative estimate of drug-likeness (QED) is 0.940. The predicted octanol–water partition coefficient (Wildman–Crippen LogP) is 2.54. The number of rotatable bonds is 4. The van der Waals surface area contributed by atoms with E-state index < -0.39 is 11.5 Å². The van der Waals surface area contributed by atoms with Crippen molar-refractivity contribution in [1.82, 2.24) is 4.90 Å². The fourth-order valence-corrected chi connectivity index (χ4v) is 3.26. The maximum absolute atomic E-state index is 13.2. The summed E-state index contributed by atoms with van der Waals surface area (Å²) in [6, 6.07) is 18.9. The predicted molar refractivity (Wildman–Crippen MR) is 92.6 cm³/mol. The van der Waals surface area contributed by atoms with Crippen molar-refractivity contribution in [3.8, 4) is 0 Å². The number of aliphatic hydroxyl groups is 1. The van der Waals surface area contributed by atoms with Crippen LogP contribution in [0.1, 0.15) is 24.0 Å². The van der Waals surface area contributed by atoms with E-state index in [-0.39, 0.29) is 5.91 Å². The van der Waals surface area contributed by atoms with Gasteiger partial charge in [-0.3, -0.25) is 4.79 Å². The Kier molecular flexibility index (Phi) is 4.97. The number of amides is 1. The average Bonchev–Trinajstić information content (AvgIpc) is 2.64. The Bertz CT molecular complexity index is 664. The topological polar surface area (TPSA) is 49.8 Å². The lowest BCUT2D eigenvalue weighted by molar-refractivity contribution is -0.143. The molecule has 1 aliphatic heterocycles. The van der Waals surface area contributed by atoms with Gasteiger partial charge < -0.3 is 14.7 Å². The monoisotopic (exact) mass is 325 g/mol. The van der Waals surface area contributed by atoms with Gasteiger partial charge in [0, 0.05) is 13.1 Å². The van der Waals surface area contributed by atoms with Gasteiger partial charge in [-0.05, 0) is 18.1 Å². The molecule has 2 atom stereocenters. The van der Waals surface area contributed by atoms with E-state index in [1.165, 1.54) is 0 Å². The molecule has 126 valence electrons. The Morgan fingerprint density at radius 1 is 1.04 bits per heavy atom. The Morgan fingerprint density at radius 2 is 1.58 bits per heavy atom. The van der Waals surface area contributed by atoms with Crippen LogP contribution < -0.4 is 0 Å². The molecule has 0 aliphatic carbocycles. The SMILES string of the molecule is C[C@@](O)(c1ccccc1)[C@H](C(=O)N1CCOCC1)c1ccccc1. The summed E-state index contributed by atoms with van der Waals surface area (Å²) in [4.78, 5) is 15.0. The lowest BCUT2D eigenvalue weighted by Crippen LogP contribution is -2.48. The highest BCUT2D eigenvalue weighted by atomic mass is 16.5. The van der Waals surface area contributed by atoms with Crippen molar-refractivity contribution in [3.05, 3.63) is 71.8 Å². The van der Waals surface area contributed by atoms with Crippen LogP contribution in [-0.4, -0.2) is 42.2 Å². The minimum Gasteiger partial charge on any atom is -0.384 e. The summed E-state index contributed by atoms with van der Waals surface area (Å²) in [5.41, 5.74) is 0.265. The molecule has 0 radical (unpaired) electrons. The zero-order valence-corrected chi connectivity index (χ0v) is 13.9. The zero-order chi connectivity index (χ0) is 17.0. The number of carbonyl (C=O) groups is 1. The van der Waals surface area contributed by atoms with Gasteiger partial charge in [0.1, 0.15) is 5.60 Å². The normalized spacial score (nSPS) is 18.7. The maximum Gasteiger partial charge on any atom is 0.233 e. The number of ether oxygens (including phenoxy) is 1. The maximum atomic E-state index is 13.2. The lowest BCUT2D eigenvalue weighted by Gasteiger charge is -2.37. The fourth-order valence-electron chi connectivity index (χ4n) is 3.26. The molecule has 1 fully saturated rings. The van der Waals surface area contributed by atoms with Gasteiger partial charge in [-0.25, -0.2) is 0 Å². The molecule has 1 aliphatic rings. The molecule has 0 unspecified atom stereocenters. The average molecular weight is 325 g/mol. The Labute approximate surface area is 142 Å². The van der Waals surface area contributed by atoms with Gasteiger partial charge in [0.15, 0.2) is 0 Å². The molecule has 1 heterocycles. The fraction of sp³-hybridized carbons (Fsp3) is 0.350. The molecule has 0 saturated carbocycles. The van der Waals surface area contributed by atoms with Crippen molar-refractivity contribution in [2.24, 2.45) is 0 Å². The van der Waals surface area contributed by atoms with Gasteiger partial charge in [-0.15, -0.1) is 0 Å². The van der Waals surface area contributed by atoms with Gasteiger partial charge in [0.05, 0.1) is 19.1 Å². The van der Waals surface area contributed by atoms with E-state index in [0.717, 1.165) is 11.1 Å². The minimum atomic E-state index is -1.29. The highest BCUT2D eigenvalue weighted by Gasteiger charge is 2.42. The second-order valence-corrected chi connectivity index (χ2v) is 6.29. The van der Waals surface area contributed by atoms with E-state index >= 15 is 0 Å². The molecule has 1 N–H and O–H groups in total. The first-order valence-corrected chi connectivity index (χ1v) is 8.30. The number of hydrogen-bond acceptors (Lipinski definition) is 3. The minimum absolute atomic E-state index is 0.0571.